The van der Waals surface area contributed by atoms with Gasteiger partial charge in [0.15, 0.2) is 0 Å². The molecule has 2 aromatic heterocycles. The lowest BCUT2D eigenvalue weighted by Gasteiger charge is -2.19. The highest BCUT2D eigenvalue weighted by Crippen LogP contribution is 2.32. The average Bonchev–Trinajstić information content (AvgIpc) is 3.01. The van der Waals surface area contributed by atoms with E-state index < -0.39 is 0 Å². The van der Waals surface area contributed by atoms with Crippen molar-refractivity contribution in [2.75, 3.05) is 0 Å². The third kappa shape index (κ3) is 1.92. The fourth-order valence-electron chi connectivity index (χ4n) is 2.50. The van der Waals surface area contributed by atoms with E-state index in [1.807, 2.05) is 6.20 Å². The highest BCUT2D eigenvalue weighted by Gasteiger charge is 2.17. The SMILES string of the molecule is c1cc(-c2ncc(C3CCCCC3)[nH]2)cs1. The summed E-state index contributed by atoms with van der Waals surface area (Å²) in [4.78, 5) is 7.97. The van der Waals surface area contributed by atoms with Gasteiger partial charge >= 0.3 is 0 Å². The molecular formula is C13H16N2S. The molecule has 1 aliphatic rings. The minimum atomic E-state index is 0.716. The Morgan fingerprint density at radius 2 is 2.12 bits per heavy atom. The van der Waals surface area contributed by atoms with Crippen LogP contribution in [0, 0.1) is 0 Å². The number of aromatic amines is 1. The minimum absolute atomic E-state index is 0.716. The number of imidazole rings is 1. The fraction of sp³-hybridized carbons (Fsp3) is 0.462. The predicted molar refractivity (Wildman–Crippen MR) is 67.7 cm³/mol. The Kier molecular flexibility index (Phi) is 2.79. The normalized spacial score (nSPS) is 17.8. The molecule has 1 saturated carbocycles. The van der Waals surface area contributed by atoms with E-state index >= 15 is 0 Å². The summed E-state index contributed by atoms with van der Waals surface area (Å²) >= 11 is 1.72. The monoisotopic (exact) mass is 232 g/mol. The lowest BCUT2D eigenvalue weighted by atomic mass is 9.87. The number of hydrogen-bond donors (Lipinski definition) is 1. The number of hydrogen-bond acceptors (Lipinski definition) is 2. The van der Waals surface area contributed by atoms with Gasteiger partial charge in [0.25, 0.3) is 0 Å². The average molecular weight is 232 g/mol. The minimum Gasteiger partial charge on any atom is -0.342 e. The lowest BCUT2D eigenvalue weighted by Crippen LogP contribution is -2.04. The fourth-order valence-corrected chi connectivity index (χ4v) is 3.14. The Morgan fingerprint density at radius 1 is 1.25 bits per heavy atom. The van der Waals surface area contributed by atoms with Gasteiger partial charge < -0.3 is 4.98 Å². The predicted octanol–water partition coefficient (Wildman–Crippen LogP) is 4.19. The molecule has 3 heteroatoms. The molecule has 1 N–H and O–H groups in total. The van der Waals surface area contributed by atoms with Crippen molar-refractivity contribution >= 4 is 11.3 Å². The first-order valence-electron chi connectivity index (χ1n) is 6.01. The van der Waals surface area contributed by atoms with E-state index in [0.29, 0.717) is 5.92 Å². The second-order valence-corrected chi connectivity index (χ2v) is 5.31. The molecule has 2 heterocycles. The maximum Gasteiger partial charge on any atom is 0.138 e. The van der Waals surface area contributed by atoms with Crippen LogP contribution in [0.15, 0.2) is 23.0 Å². The molecule has 16 heavy (non-hydrogen) atoms. The number of aromatic nitrogens is 2. The second-order valence-electron chi connectivity index (χ2n) is 4.53. The molecule has 0 bridgehead atoms. The maximum atomic E-state index is 4.48. The highest BCUT2D eigenvalue weighted by molar-refractivity contribution is 7.08. The zero-order valence-corrected chi connectivity index (χ0v) is 10.1. The van der Waals surface area contributed by atoms with Crippen molar-refractivity contribution in [1.29, 1.82) is 0 Å². The van der Waals surface area contributed by atoms with Gasteiger partial charge in [-0.25, -0.2) is 4.98 Å². The van der Waals surface area contributed by atoms with Crippen LogP contribution >= 0.6 is 11.3 Å². The first kappa shape index (κ1) is 10.1. The van der Waals surface area contributed by atoms with Crippen molar-refractivity contribution in [3.63, 3.8) is 0 Å². The molecule has 2 nitrogen and oxygen atoms in total. The first-order chi connectivity index (χ1) is 7.93. The number of nitrogens with one attached hydrogen (secondary N) is 1. The van der Waals surface area contributed by atoms with Crippen LogP contribution in [0.2, 0.25) is 0 Å². The van der Waals surface area contributed by atoms with Gasteiger partial charge in [0, 0.05) is 28.8 Å². The zero-order valence-electron chi connectivity index (χ0n) is 9.28. The summed E-state index contributed by atoms with van der Waals surface area (Å²) in [6, 6.07) is 2.12. The Labute approximate surface area is 99.7 Å². The van der Waals surface area contributed by atoms with Crippen molar-refractivity contribution in [1.82, 2.24) is 9.97 Å². The smallest absolute Gasteiger partial charge is 0.138 e. The molecule has 0 aliphatic heterocycles. The summed E-state index contributed by atoms with van der Waals surface area (Å²) in [6.45, 7) is 0. The van der Waals surface area contributed by atoms with Crippen molar-refractivity contribution < 1.29 is 0 Å². The van der Waals surface area contributed by atoms with E-state index in [0.717, 1.165) is 5.82 Å². The standard InChI is InChI=1S/C13H16N2S/c1-2-4-10(5-3-1)12-8-14-13(15-12)11-6-7-16-9-11/h6-10H,1-5H2,(H,14,15). The molecule has 0 spiro atoms. The summed E-state index contributed by atoms with van der Waals surface area (Å²) in [5, 5.41) is 4.24. The molecule has 1 fully saturated rings. The van der Waals surface area contributed by atoms with Crippen molar-refractivity contribution in [3.8, 4) is 11.4 Å². The lowest BCUT2D eigenvalue weighted by molar-refractivity contribution is 0.438. The van der Waals surface area contributed by atoms with E-state index in [1.165, 1.54) is 43.4 Å². The van der Waals surface area contributed by atoms with Crippen molar-refractivity contribution in [2.24, 2.45) is 0 Å². The number of nitrogens with zero attached hydrogens (tertiary/aromatic N) is 1. The van der Waals surface area contributed by atoms with Gasteiger partial charge in [0.1, 0.15) is 5.82 Å². The van der Waals surface area contributed by atoms with Crippen LogP contribution in [0.3, 0.4) is 0 Å². The summed E-state index contributed by atoms with van der Waals surface area (Å²) < 4.78 is 0. The number of thiophene rings is 1. The molecule has 0 radical (unpaired) electrons. The summed E-state index contributed by atoms with van der Waals surface area (Å²) in [5.41, 5.74) is 2.55. The van der Waals surface area contributed by atoms with Crippen molar-refractivity contribution in [3.05, 3.63) is 28.7 Å². The van der Waals surface area contributed by atoms with Gasteiger partial charge in [0.05, 0.1) is 0 Å². The topological polar surface area (TPSA) is 28.7 Å². The zero-order chi connectivity index (χ0) is 10.8. The molecule has 0 amide bonds. The second kappa shape index (κ2) is 4.42. The Morgan fingerprint density at radius 3 is 2.88 bits per heavy atom. The van der Waals surface area contributed by atoms with E-state index in [1.54, 1.807) is 11.3 Å². The van der Waals surface area contributed by atoms with Crippen molar-refractivity contribution in [2.45, 2.75) is 38.0 Å². The third-order valence-electron chi connectivity index (χ3n) is 3.44. The molecule has 2 aromatic rings. The molecule has 0 saturated heterocycles. The van der Waals surface area contributed by atoms with E-state index in [9.17, 15) is 0 Å². The molecular weight excluding hydrogens is 216 g/mol. The Hall–Kier alpha value is -1.09. The van der Waals surface area contributed by atoms with Crippen LogP contribution in [0.25, 0.3) is 11.4 Å². The number of H-pyrrole nitrogens is 1. The van der Waals surface area contributed by atoms with Gasteiger partial charge in [-0.2, -0.15) is 11.3 Å². The quantitative estimate of drug-likeness (QED) is 0.826. The first-order valence-corrected chi connectivity index (χ1v) is 6.95. The van der Waals surface area contributed by atoms with Crippen LogP contribution in [0.1, 0.15) is 43.7 Å². The van der Waals surface area contributed by atoms with Crippen LogP contribution < -0.4 is 0 Å². The maximum absolute atomic E-state index is 4.48. The molecule has 84 valence electrons. The molecule has 3 rings (SSSR count). The highest BCUT2D eigenvalue weighted by atomic mass is 32.1. The van der Waals surface area contributed by atoms with Gasteiger partial charge in [0.2, 0.25) is 0 Å². The van der Waals surface area contributed by atoms with Crippen LogP contribution in [0.4, 0.5) is 0 Å². The molecule has 0 unspecified atom stereocenters. The molecule has 0 atom stereocenters. The largest absolute Gasteiger partial charge is 0.342 e. The van der Waals surface area contributed by atoms with E-state index in [4.69, 9.17) is 0 Å². The third-order valence-corrected chi connectivity index (χ3v) is 4.12. The van der Waals surface area contributed by atoms with E-state index in [2.05, 4.69) is 26.8 Å². The summed E-state index contributed by atoms with van der Waals surface area (Å²) in [6.07, 6.45) is 8.83. The van der Waals surface area contributed by atoms with Crippen LogP contribution in [-0.2, 0) is 0 Å². The number of rotatable bonds is 2. The van der Waals surface area contributed by atoms with Crippen LogP contribution in [-0.4, -0.2) is 9.97 Å². The molecule has 1 aliphatic carbocycles. The van der Waals surface area contributed by atoms with Gasteiger partial charge in [-0.05, 0) is 24.3 Å². The van der Waals surface area contributed by atoms with E-state index in [-0.39, 0.29) is 0 Å². The Balaban J connectivity index is 1.82. The summed E-state index contributed by atoms with van der Waals surface area (Å²) in [5.74, 6) is 1.75. The summed E-state index contributed by atoms with van der Waals surface area (Å²) in [7, 11) is 0. The molecule has 0 aromatic carbocycles. The van der Waals surface area contributed by atoms with Crippen LogP contribution in [0.5, 0.6) is 0 Å². The van der Waals surface area contributed by atoms with Gasteiger partial charge in [-0.1, -0.05) is 19.3 Å². The van der Waals surface area contributed by atoms with Gasteiger partial charge in [-0.15, -0.1) is 0 Å². The van der Waals surface area contributed by atoms with Gasteiger partial charge in [-0.3, -0.25) is 0 Å². The Bertz CT molecular complexity index is 438.